The normalized spacial score (nSPS) is 20.2. The van der Waals surface area contributed by atoms with Crippen LogP contribution in [0.1, 0.15) is 6.23 Å². The van der Waals surface area contributed by atoms with E-state index >= 15 is 0 Å². The first-order valence-corrected chi connectivity index (χ1v) is 7.66. The van der Waals surface area contributed by atoms with E-state index in [1.165, 1.54) is 8.97 Å². The lowest BCUT2D eigenvalue weighted by atomic mass is 10.1. The summed E-state index contributed by atoms with van der Waals surface area (Å²) in [6.45, 7) is -0.0845. The van der Waals surface area contributed by atoms with Gasteiger partial charge in [-0.3, -0.25) is 8.97 Å². The molecule has 2 atom stereocenters. The van der Waals surface area contributed by atoms with Crippen LogP contribution in [-0.2, 0) is 9.47 Å². The van der Waals surface area contributed by atoms with Gasteiger partial charge in [-0.25, -0.2) is 9.78 Å². The summed E-state index contributed by atoms with van der Waals surface area (Å²) in [6, 6.07) is 8.49. The third-order valence-electron chi connectivity index (χ3n) is 4.04. The van der Waals surface area contributed by atoms with Crippen LogP contribution in [0.5, 0.6) is 0 Å². The van der Waals surface area contributed by atoms with Crippen LogP contribution in [-0.4, -0.2) is 38.6 Å². The van der Waals surface area contributed by atoms with E-state index in [4.69, 9.17) is 14.6 Å². The molecule has 0 saturated carbocycles. The number of aliphatic hydroxyl groups excluding tert-OH is 1. The number of ether oxygens (including phenoxy) is 2. The summed E-state index contributed by atoms with van der Waals surface area (Å²) in [7, 11) is 0. The quantitative estimate of drug-likeness (QED) is 0.678. The van der Waals surface area contributed by atoms with Crippen LogP contribution >= 0.6 is 0 Å². The molecular weight excluding hydrogens is 328 g/mol. The Kier molecular flexibility index (Phi) is 3.98. The maximum absolute atomic E-state index is 12.7. The molecule has 2 N–H and O–H groups in total. The molecule has 1 saturated heterocycles. The minimum Gasteiger partial charge on any atom is -0.761 e. The smallest absolute Gasteiger partial charge is 0.336 e. The summed E-state index contributed by atoms with van der Waals surface area (Å²) in [4.78, 5) is 17.1. The van der Waals surface area contributed by atoms with Crippen molar-refractivity contribution in [3.8, 4) is 11.3 Å². The van der Waals surface area contributed by atoms with E-state index in [0.717, 1.165) is 5.56 Å². The molecule has 0 radical (unpaired) electrons. The number of anilines is 1. The van der Waals surface area contributed by atoms with Crippen LogP contribution in [0.25, 0.3) is 16.9 Å². The highest BCUT2D eigenvalue weighted by molar-refractivity contribution is 5.65. The molecule has 0 amide bonds. The third kappa shape index (κ3) is 2.79. The minimum absolute atomic E-state index is 0.182. The zero-order valence-corrected chi connectivity index (χ0v) is 13.0. The van der Waals surface area contributed by atoms with E-state index in [0.29, 0.717) is 17.0 Å². The van der Waals surface area contributed by atoms with Crippen LogP contribution in [0.4, 0.5) is 5.69 Å². The van der Waals surface area contributed by atoms with Gasteiger partial charge in [-0.1, -0.05) is 12.1 Å². The van der Waals surface area contributed by atoms with Crippen molar-refractivity contribution < 1.29 is 14.6 Å². The first-order valence-electron chi connectivity index (χ1n) is 7.66. The average molecular weight is 343 g/mol. The van der Waals surface area contributed by atoms with E-state index in [1.54, 1.807) is 42.7 Å². The highest BCUT2D eigenvalue weighted by atomic mass is 16.7. The van der Waals surface area contributed by atoms with Gasteiger partial charge in [-0.2, -0.15) is 0 Å². The van der Waals surface area contributed by atoms with Gasteiger partial charge in [0, 0.05) is 23.6 Å². The second-order valence-electron chi connectivity index (χ2n) is 5.58. The molecule has 1 aliphatic rings. The highest BCUT2D eigenvalue weighted by Crippen LogP contribution is 2.22. The second-order valence-corrected chi connectivity index (χ2v) is 5.58. The maximum atomic E-state index is 12.7. The van der Waals surface area contributed by atoms with Crippen molar-refractivity contribution in [2.24, 2.45) is 0 Å². The molecule has 9 nitrogen and oxygen atoms in total. The first kappa shape index (κ1) is 15.8. The van der Waals surface area contributed by atoms with Gasteiger partial charge in [-0.15, -0.1) is 0 Å². The number of nitrogens with zero attached hydrogens (tertiary/aromatic N) is 3. The number of imidazole rings is 1. The van der Waals surface area contributed by atoms with Gasteiger partial charge in [0.2, 0.25) is 0 Å². The summed E-state index contributed by atoms with van der Waals surface area (Å²) < 4.78 is 13.5. The Bertz CT molecular complexity index is 949. The van der Waals surface area contributed by atoms with Crippen molar-refractivity contribution in [1.29, 1.82) is 0 Å². The molecule has 3 heterocycles. The molecule has 0 bridgehead atoms. The van der Waals surface area contributed by atoms with Crippen LogP contribution in [0.15, 0.2) is 47.5 Å². The maximum Gasteiger partial charge on any atom is 0.336 e. The lowest BCUT2D eigenvalue weighted by Crippen LogP contribution is -2.30. The molecule has 3 aromatic rings. The first-order chi connectivity index (χ1) is 12.2. The fourth-order valence-electron chi connectivity index (χ4n) is 2.75. The number of hydrogen-bond donors (Lipinski definition) is 2. The number of aliphatic hydroxyl groups is 1. The van der Waals surface area contributed by atoms with Crippen molar-refractivity contribution in [2.75, 3.05) is 18.7 Å². The average Bonchev–Trinajstić information content (AvgIpc) is 3.29. The van der Waals surface area contributed by atoms with E-state index in [-0.39, 0.29) is 18.9 Å². The number of rotatable bonds is 4. The molecule has 1 aliphatic heterocycles. The molecule has 2 aromatic heterocycles. The zero-order chi connectivity index (χ0) is 17.4. The van der Waals surface area contributed by atoms with Gasteiger partial charge in [0.15, 0.2) is 12.5 Å². The van der Waals surface area contributed by atoms with E-state index < -0.39 is 12.5 Å². The second kappa shape index (κ2) is 6.30. The standard InChI is InChI=1S/C16H15N4O5/c21-8-15-24-9-14(25-15)19-6-5-13-17-12(7-20(13)16(19)22)10-1-3-11(18-23)4-2-10/h1-7,14-15,18,21H,8-9H2/q-1/t14-,15-/m0/s1. The third-order valence-corrected chi connectivity index (χ3v) is 4.04. The molecular formula is C16H15N4O5-. The molecule has 4 rings (SSSR count). The number of hydrogen-bond acceptors (Lipinski definition) is 7. The number of nitrogens with one attached hydrogen (secondary N) is 1. The summed E-state index contributed by atoms with van der Waals surface area (Å²) in [5.74, 6) is 0. The Hall–Kier alpha value is -2.72. The zero-order valence-electron chi connectivity index (χ0n) is 13.0. The summed E-state index contributed by atoms with van der Waals surface area (Å²) >= 11 is 0. The lowest BCUT2D eigenvalue weighted by molar-refractivity contribution is -0.0993. The van der Waals surface area contributed by atoms with Gasteiger partial charge in [0.1, 0.15) is 5.65 Å². The lowest BCUT2D eigenvalue weighted by Gasteiger charge is -2.12. The number of aromatic nitrogens is 3. The van der Waals surface area contributed by atoms with Gasteiger partial charge in [-0.05, 0) is 18.2 Å². The Morgan fingerprint density at radius 2 is 2.12 bits per heavy atom. The fraction of sp³-hybridized carbons (Fsp3) is 0.250. The molecule has 130 valence electrons. The summed E-state index contributed by atoms with van der Waals surface area (Å²) in [5, 5.41) is 19.7. The molecule has 0 aliphatic carbocycles. The van der Waals surface area contributed by atoms with E-state index in [9.17, 15) is 10.0 Å². The minimum atomic E-state index is -0.723. The Labute approximate surface area is 141 Å². The van der Waals surface area contributed by atoms with Crippen LogP contribution in [0.3, 0.4) is 0 Å². The van der Waals surface area contributed by atoms with E-state index in [1.807, 2.05) is 5.48 Å². The highest BCUT2D eigenvalue weighted by Gasteiger charge is 2.27. The van der Waals surface area contributed by atoms with Gasteiger partial charge >= 0.3 is 5.69 Å². The van der Waals surface area contributed by atoms with Crippen LogP contribution in [0.2, 0.25) is 0 Å². The van der Waals surface area contributed by atoms with Crippen LogP contribution < -0.4 is 11.2 Å². The molecule has 25 heavy (non-hydrogen) atoms. The Morgan fingerprint density at radius 3 is 2.80 bits per heavy atom. The Morgan fingerprint density at radius 1 is 1.32 bits per heavy atom. The van der Waals surface area contributed by atoms with Crippen molar-refractivity contribution in [3.63, 3.8) is 0 Å². The van der Waals surface area contributed by atoms with Crippen molar-refractivity contribution in [2.45, 2.75) is 12.5 Å². The molecule has 0 spiro atoms. The molecule has 1 fully saturated rings. The van der Waals surface area contributed by atoms with Crippen molar-refractivity contribution in [1.82, 2.24) is 14.0 Å². The predicted octanol–water partition coefficient (Wildman–Crippen LogP) is 0.936. The van der Waals surface area contributed by atoms with E-state index in [2.05, 4.69) is 4.98 Å². The molecule has 0 unspecified atom stereocenters. The SMILES string of the molecule is O=c1n([C@@H]2CO[C@H](CO)O2)ccc2nc(-c3ccc(N[O-])cc3)cn12. The van der Waals surface area contributed by atoms with Gasteiger partial charge in [0.25, 0.3) is 0 Å². The van der Waals surface area contributed by atoms with Crippen LogP contribution in [0, 0.1) is 5.21 Å². The molecule has 1 aromatic carbocycles. The summed E-state index contributed by atoms with van der Waals surface area (Å²) in [6.07, 6.45) is 1.90. The number of fused-ring (bicyclic) bond motifs is 1. The monoisotopic (exact) mass is 343 g/mol. The fourth-order valence-corrected chi connectivity index (χ4v) is 2.75. The molecule has 9 heteroatoms. The van der Waals surface area contributed by atoms with Gasteiger partial charge < -0.3 is 25.3 Å². The predicted molar refractivity (Wildman–Crippen MR) is 88.8 cm³/mol. The largest absolute Gasteiger partial charge is 0.761 e. The topological polar surface area (TPSA) is 113 Å². The van der Waals surface area contributed by atoms with Crippen molar-refractivity contribution >= 4 is 11.3 Å². The van der Waals surface area contributed by atoms with Gasteiger partial charge in [0.05, 0.1) is 18.9 Å². The summed E-state index contributed by atoms with van der Waals surface area (Å²) in [5.41, 5.74) is 3.85. The Balaban J connectivity index is 1.71. The number of benzene rings is 1. The van der Waals surface area contributed by atoms with Crippen molar-refractivity contribution in [3.05, 3.63) is 58.4 Å².